The molecule has 0 saturated carbocycles. The van der Waals surface area contributed by atoms with Gasteiger partial charge < -0.3 is 19.9 Å². The van der Waals surface area contributed by atoms with Crippen LogP contribution in [0.25, 0.3) is 11.3 Å². The van der Waals surface area contributed by atoms with Crippen LogP contribution in [0.3, 0.4) is 0 Å². The summed E-state index contributed by atoms with van der Waals surface area (Å²) in [6.45, 7) is 4.28. The molecule has 0 unspecified atom stereocenters. The number of nitrogens with zero attached hydrogens (tertiary/aromatic N) is 4. The van der Waals surface area contributed by atoms with Crippen LogP contribution in [0.15, 0.2) is 53.4 Å². The Bertz CT molecular complexity index is 1110. The number of nitrogens with one attached hydrogen (secondary N) is 1. The number of piperidine rings is 1. The number of benzene rings is 1. The number of pyridine rings is 1. The summed E-state index contributed by atoms with van der Waals surface area (Å²) in [6, 6.07) is 13.6. The van der Waals surface area contributed by atoms with E-state index in [9.17, 15) is 9.59 Å². The van der Waals surface area contributed by atoms with Gasteiger partial charge in [0.1, 0.15) is 12.4 Å². The minimum atomic E-state index is -0.321. The first-order chi connectivity index (χ1) is 16.5. The Morgan fingerprint density at radius 2 is 2.00 bits per heavy atom. The van der Waals surface area contributed by atoms with Gasteiger partial charge in [-0.25, -0.2) is 14.8 Å². The van der Waals surface area contributed by atoms with E-state index in [1.807, 2.05) is 54.8 Å². The molecule has 0 radical (unpaired) electrons. The zero-order valence-electron chi connectivity index (χ0n) is 19.4. The Morgan fingerprint density at radius 3 is 2.74 bits per heavy atom. The number of amides is 2. The molecule has 8 nitrogen and oxygen atoms in total. The Morgan fingerprint density at radius 1 is 1.21 bits per heavy atom. The van der Waals surface area contributed by atoms with Crippen LogP contribution in [-0.4, -0.2) is 59.6 Å². The number of hydrogen-bond acceptors (Lipinski definition) is 7. The number of ether oxygens (including phenoxy) is 1. The third kappa shape index (κ3) is 5.72. The van der Waals surface area contributed by atoms with Crippen molar-refractivity contribution < 1.29 is 14.3 Å². The molecule has 3 aromatic rings. The number of carbonyl (C=O) groups is 2. The first kappa shape index (κ1) is 23.7. The maximum atomic E-state index is 12.4. The Hall–Kier alpha value is -3.46. The largest absolute Gasteiger partial charge is 0.443 e. The van der Waals surface area contributed by atoms with Crippen LogP contribution in [0.5, 0.6) is 0 Å². The predicted molar refractivity (Wildman–Crippen MR) is 133 cm³/mol. The summed E-state index contributed by atoms with van der Waals surface area (Å²) in [5.41, 5.74) is 4.85. The first-order valence-electron chi connectivity index (χ1n) is 11.4. The summed E-state index contributed by atoms with van der Waals surface area (Å²) in [7, 11) is 1.80. The van der Waals surface area contributed by atoms with Crippen LogP contribution in [0.4, 0.5) is 10.6 Å². The highest BCUT2D eigenvalue weighted by Crippen LogP contribution is 2.25. The van der Waals surface area contributed by atoms with Crippen molar-refractivity contribution in [3.63, 3.8) is 0 Å². The zero-order valence-corrected chi connectivity index (χ0v) is 20.3. The van der Waals surface area contributed by atoms with Crippen molar-refractivity contribution in [3.8, 4) is 11.3 Å². The van der Waals surface area contributed by atoms with Gasteiger partial charge in [0, 0.05) is 49.2 Å². The molecule has 1 fully saturated rings. The van der Waals surface area contributed by atoms with E-state index < -0.39 is 0 Å². The number of anilines is 1. The highest BCUT2D eigenvalue weighted by atomic mass is 32.1. The van der Waals surface area contributed by atoms with E-state index in [1.165, 1.54) is 11.3 Å². The quantitative estimate of drug-likeness (QED) is 0.547. The highest BCUT2D eigenvalue weighted by Gasteiger charge is 2.27. The van der Waals surface area contributed by atoms with Crippen LogP contribution in [0.1, 0.15) is 35.8 Å². The zero-order chi connectivity index (χ0) is 23.9. The third-order valence-corrected chi connectivity index (χ3v) is 6.58. The van der Waals surface area contributed by atoms with Gasteiger partial charge in [0.05, 0.1) is 16.9 Å². The molecule has 9 heteroatoms. The van der Waals surface area contributed by atoms with Crippen LogP contribution >= 0.6 is 11.3 Å². The van der Waals surface area contributed by atoms with Gasteiger partial charge in [0.15, 0.2) is 0 Å². The second kappa shape index (κ2) is 11.1. The molecule has 34 heavy (non-hydrogen) atoms. The monoisotopic (exact) mass is 479 g/mol. The van der Waals surface area contributed by atoms with E-state index in [0.717, 1.165) is 48.7 Å². The minimum Gasteiger partial charge on any atom is -0.443 e. The van der Waals surface area contributed by atoms with E-state index in [2.05, 4.69) is 15.2 Å². The standard InChI is InChI=1S/C25H29N5O3S/c1-3-26-24(31)19-7-4-6-18(14-19)22-8-5-9-23(28-22)30-12-10-21(11-13-30)29(2)25(32)33-15-20-16-34-17-27-20/h4-9,14,16-17,21H,3,10-13,15H2,1-2H3,(H,26,31). The van der Waals surface area contributed by atoms with Crippen molar-refractivity contribution in [2.75, 3.05) is 31.6 Å². The van der Waals surface area contributed by atoms with Crippen molar-refractivity contribution >= 4 is 29.2 Å². The molecule has 1 N–H and O–H groups in total. The van der Waals surface area contributed by atoms with Gasteiger partial charge in [-0.2, -0.15) is 0 Å². The molecule has 1 aromatic carbocycles. The lowest BCUT2D eigenvalue weighted by atomic mass is 10.0. The van der Waals surface area contributed by atoms with Crippen molar-refractivity contribution in [2.45, 2.75) is 32.4 Å². The molecule has 0 atom stereocenters. The molecule has 1 saturated heterocycles. The normalized spacial score (nSPS) is 14.0. The minimum absolute atomic E-state index is 0.0863. The molecule has 0 bridgehead atoms. The maximum Gasteiger partial charge on any atom is 0.410 e. The average molecular weight is 480 g/mol. The molecule has 2 amide bonds. The lowest BCUT2D eigenvalue weighted by Crippen LogP contribution is -2.46. The molecular formula is C25H29N5O3S. The molecule has 3 heterocycles. The smallest absolute Gasteiger partial charge is 0.410 e. The summed E-state index contributed by atoms with van der Waals surface area (Å²) in [4.78, 5) is 37.6. The maximum absolute atomic E-state index is 12.4. The lowest BCUT2D eigenvalue weighted by molar-refractivity contribution is 0.0853. The second-order valence-corrected chi connectivity index (χ2v) is 8.90. The van der Waals surface area contributed by atoms with Gasteiger partial charge in [0.25, 0.3) is 5.91 Å². The number of aromatic nitrogens is 2. The molecular weight excluding hydrogens is 450 g/mol. The van der Waals surface area contributed by atoms with Gasteiger partial charge in [-0.3, -0.25) is 4.79 Å². The van der Waals surface area contributed by atoms with Gasteiger partial charge in [-0.05, 0) is 44.0 Å². The van der Waals surface area contributed by atoms with Gasteiger partial charge in [0.2, 0.25) is 0 Å². The van der Waals surface area contributed by atoms with Crippen molar-refractivity contribution in [1.82, 2.24) is 20.2 Å². The lowest BCUT2D eigenvalue weighted by Gasteiger charge is -2.36. The molecule has 2 aromatic heterocycles. The van der Waals surface area contributed by atoms with Gasteiger partial charge in [-0.15, -0.1) is 11.3 Å². The first-order valence-corrected chi connectivity index (χ1v) is 12.4. The fourth-order valence-electron chi connectivity index (χ4n) is 4.02. The van der Waals surface area contributed by atoms with E-state index in [-0.39, 0.29) is 24.6 Å². The molecule has 0 spiro atoms. The number of hydrogen-bond donors (Lipinski definition) is 1. The van der Waals surface area contributed by atoms with Gasteiger partial charge >= 0.3 is 6.09 Å². The fraction of sp³-hybridized carbons (Fsp3) is 0.360. The van der Waals surface area contributed by atoms with E-state index in [1.54, 1.807) is 17.5 Å². The van der Waals surface area contributed by atoms with Crippen LogP contribution in [-0.2, 0) is 11.3 Å². The Balaban J connectivity index is 1.36. The summed E-state index contributed by atoms with van der Waals surface area (Å²) in [5, 5.41) is 4.71. The second-order valence-electron chi connectivity index (χ2n) is 8.18. The SMILES string of the molecule is CCNC(=O)c1cccc(-c2cccc(N3CCC(N(C)C(=O)OCc4cscn4)CC3)n2)c1. The van der Waals surface area contributed by atoms with Crippen molar-refractivity contribution in [1.29, 1.82) is 0 Å². The van der Waals surface area contributed by atoms with Crippen LogP contribution < -0.4 is 10.2 Å². The average Bonchev–Trinajstić information content (AvgIpc) is 3.41. The topological polar surface area (TPSA) is 87.7 Å². The van der Waals surface area contributed by atoms with Crippen LogP contribution in [0, 0.1) is 0 Å². The van der Waals surface area contributed by atoms with Crippen LogP contribution in [0.2, 0.25) is 0 Å². The van der Waals surface area contributed by atoms with E-state index in [4.69, 9.17) is 9.72 Å². The molecule has 1 aliphatic rings. The Labute approximate surface area is 203 Å². The van der Waals surface area contributed by atoms with E-state index in [0.29, 0.717) is 12.1 Å². The Kier molecular flexibility index (Phi) is 7.74. The fourth-order valence-corrected chi connectivity index (χ4v) is 4.56. The summed E-state index contributed by atoms with van der Waals surface area (Å²) in [6.07, 6.45) is 1.35. The summed E-state index contributed by atoms with van der Waals surface area (Å²) >= 11 is 1.48. The molecule has 4 rings (SSSR count). The third-order valence-electron chi connectivity index (χ3n) is 5.94. The summed E-state index contributed by atoms with van der Waals surface area (Å²) < 4.78 is 5.40. The number of rotatable bonds is 7. The highest BCUT2D eigenvalue weighted by molar-refractivity contribution is 7.07. The molecule has 178 valence electrons. The van der Waals surface area contributed by atoms with Crippen molar-refractivity contribution in [2.24, 2.45) is 0 Å². The number of thiazole rings is 1. The summed E-state index contributed by atoms with van der Waals surface area (Å²) in [5.74, 6) is 0.810. The molecule has 0 aliphatic carbocycles. The molecule has 1 aliphatic heterocycles. The predicted octanol–water partition coefficient (Wildman–Crippen LogP) is 4.19. The van der Waals surface area contributed by atoms with E-state index >= 15 is 0 Å². The van der Waals surface area contributed by atoms with Gasteiger partial charge in [-0.1, -0.05) is 18.2 Å². The van der Waals surface area contributed by atoms with Crippen molar-refractivity contribution in [3.05, 3.63) is 64.6 Å². The number of carbonyl (C=O) groups excluding carboxylic acids is 2.